The Bertz CT molecular complexity index is 544. The normalized spacial score (nSPS) is 17.4. The van der Waals surface area contributed by atoms with Gasteiger partial charge in [-0.3, -0.25) is 4.79 Å². The molecular weight excluding hydrogens is 258 g/mol. The second-order valence-electron chi connectivity index (χ2n) is 5.21. The molecule has 108 valence electrons. The average Bonchev–Trinajstić information content (AvgIpc) is 2.98. The molecule has 0 unspecified atom stereocenters. The molecular formula is C15H19NO4. The van der Waals surface area contributed by atoms with Crippen molar-refractivity contribution in [2.45, 2.75) is 32.7 Å². The van der Waals surface area contributed by atoms with Crippen molar-refractivity contribution in [1.29, 1.82) is 0 Å². The average molecular weight is 277 g/mol. The maximum atomic E-state index is 12.1. The monoisotopic (exact) mass is 277 g/mol. The van der Waals surface area contributed by atoms with Crippen molar-refractivity contribution in [2.24, 2.45) is 5.92 Å². The molecule has 5 heteroatoms. The first-order valence-corrected chi connectivity index (χ1v) is 6.70. The van der Waals surface area contributed by atoms with E-state index in [1.807, 2.05) is 0 Å². The van der Waals surface area contributed by atoms with Crippen LogP contribution >= 0.6 is 0 Å². The molecule has 1 aliphatic rings. The standard InChI is InChI=1S/C15H19NO4/c1-10-13(15(18)19)8-12(20-10)9-16(2)14(17)7-11-5-3-4-6-11/h3,5,8,11H,4,6-7,9H2,1-2H3,(H,18,19)/t11-/m1/s1. The second kappa shape index (κ2) is 5.94. The number of carbonyl (C=O) groups is 2. The van der Waals surface area contributed by atoms with Crippen LogP contribution in [0.25, 0.3) is 0 Å². The molecule has 0 aromatic carbocycles. The molecule has 0 fully saturated rings. The maximum Gasteiger partial charge on any atom is 0.339 e. The summed E-state index contributed by atoms with van der Waals surface area (Å²) >= 11 is 0. The van der Waals surface area contributed by atoms with Crippen LogP contribution in [0.1, 0.15) is 41.1 Å². The molecule has 0 saturated heterocycles. The Kier molecular flexibility index (Phi) is 4.27. The number of carboxylic acid groups (broad SMARTS) is 1. The van der Waals surface area contributed by atoms with E-state index in [1.165, 1.54) is 6.07 Å². The number of furan rings is 1. The zero-order valence-electron chi connectivity index (χ0n) is 11.8. The number of carbonyl (C=O) groups excluding carboxylic acids is 1. The number of aryl methyl sites for hydroxylation is 1. The molecule has 0 aliphatic heterocycles. The van der Waals surface area contributed by atoms with E-state index in [-0.39, 0.29) is 11.5 Å². The first-order valence-electron chi connectivity index (χ1n) is 6.70. The largest absolute Gasteiger partial charge is 0.478 e. The molecule has 0 bridgehead atoms. The third-order valence-corrected chi connectivity index (χ3v) is 3.57. The third-order valence-electron chi connectivity index (χ3n) is 3.57. The van der Waals surface area contributed by atoms with Gasteiger partial charge in [0.15, 0.2) is 0 Å². The summed E-state index contributed by atoms with van der Waals surface area (Å²) in [6, 6.07) is 1.48. The zero-order valence-corrected chi connectivity index (χ0v) is 11.8. The summed E-state index contributed by atoms with van der Waals surface area (Å²) < 4.78 is 5.38. The van der Waals surface area contributed by atoms with E-state index < -0.39 is 5.97 Å². The number of amides is 1. The predicted molar refractivity (Wildman–Crippen MR) is 73.4 cm³/mol. The lowest BCUT2D eigenvalue weighted by atomic mass is 10.0. The zero-order chi connectivity index (χ0) is 14.7. The molecule has 1 aromatic heterocycles. The minimum Gasteiger partial charge on any atom is -0.478 e. The van der Waals surface area contributed by atoms with Crippen LogP contribution in [0, 0.1) is 12.8 Å². The van der Waals surface area contributed by atoms with E-state index in [9.17, 15) is 9.59 Å². The van der Waals surface area contributed by atoms with Crippen LogP contribution < -0.4 is 0 Å². The van der Waals surface area contributed by atoms with Crippen LogP contribution in [0.2, 0.25) is 0 Å². The Balaban J connectivity index is 1.94. The first-order chi connectivity index (χ1) is 9.47. The molecule has 5 nitrogen and oxygen atoms in total. The van der Waals surface area contributed by atoms with Gasteiger partial charge in [-0.25, -0.2) is 4.79 Å². The quantitative estimate of drug-likeness (QED) is 0.840. The van der Waals surface area contributed by atoms with Gasteiger partial charge in [-0.15, -0.1) is 0 Å². The van der Waals surface area contributed by atoms with Crippen LogP contribution in [-0.2, 0) is 11.3 Å². The van der Waals surface area contributed by atoms with Crippen molar-refractivity contribution < 1.29 is 19.1 Å². The Hall–Kier alpha value is -2.04. The van der Waals surface area contributed by atoms with Crippen molar-refractivity contribution in [2.75, 3.05) is 7.05 Å². The topological polar surface area (TPSA) is 70.8 Å². The molecule has 1 heterocycles. The smallest absolute Gasteiger partial charge is 0.339 e. The number of rotatable bonds is 5. The fourth-order valence-corrected chi connectivity index (χ4v) is 2.40. The summed E-state index contributed by atoms with van der Waals surface area (Å²) in [6.07, 6.45) is 6.76. The first kappa shape index (κ1) is 14.4. The van der Waals surface area contributed by atoms with Crippen LogP contribution in [0.15, 0.2) is 22.6 Å². The van der Waals surface area contributed by atoms with Crippen molar-refractivity contribution in [1.82, 2.24) is 4.90 Å². The minimum absolute atomic E-state index is 0.0486. The molecule has 1 aromatic rings. The molecule has 1 atom stereocenters. The van der Waals surface area contributed by atoms with Gasteiger partial charge in [0.25, 0.3) is 0 Å². The number of aromatic carboxylic acids is 1. The number of allylic oxidation sites excluding steroid dienone is 2. The van der Waals surface area contributed by atoms with Crippen LogP contribution in [0.4, 0.5) is 0 Å². The lowest BCUT2D eigenvalue weighted by Crippen LogP contribution is -2.27. The highest BCUT2D eigenvalue weighted by Gasteiger charge is 2.19. The molecule has 0 saturated carbocycles. The van der Waals surface area contributed by atoms with Gasteiger partial charge < -0.3 is 14.4 Å². The SMILES string of the molecule is Cc1oc(CN(C)C(=O)C[C@@H]2C=CCC2)cc1C(=O)O. The minimum atomic E-state index is -1.01. The summed E-state index contributed by atoms with van der Waals surface area (Å²) in [5.41, 5.74) is 0.152. The number of hydrogen-bond acceptors (Lipinski definition) is 3. The number of nitrogens with zero attached hydrogens (tertiary/aromatic N) is 1. The summed E-state index contributed by atoms with van der Waals surface area (Å²) in [7, 11) is 1.71. The summed E-state index contributed by atoms with van der Waals surface area (Å²) in [6.45, 7) is 1.90. The van der Waals surface area contributed by atoms with Gasteiger partial charge in [0.1, 0.15) is 17.1 Å². The fourth-order valence-electron chi connectivity index (χ4n) is 2.40. The predicted octanol–water partition coefficient (Wildman–Crippen LogP) is 2.60. The fraction of sp³-hybridized carbons (Fsp3) is 0.467. The highest BCUT2D eigenvalue weighted by Crippen LogP contribution is 2.22. The van der Waals surface area contributed by atoms with Crippen LogP contribution in [0.3, 0.4) is 0 Å². The van der Waals surface area contributed by atoms with Gasteiger partial charge >= 0.3 is 5.97 Å². The molecule has 0 radical (unpaired) electrons. The van der Waals surface area contributed by atoms with Gasteiger partial charge in [-0.1, -0.05) is 12.2 Å². The van der Waals surface area contributed by atoms with Gasteiger partial charge in [0, 0.05) is 13.5 Å². The van der Waals surface area contributed by atoms with Gasteiger partial charge in [-0.05, 0) is 31.7 Å². The molecule has 20 heavy (non-hydrogen) atoms. The number of carboxylic acids is 1. The van der Waals surface area contributed by atoms with Crippen molar-refractivity contribution in [3.63, 3.8) is 0 Å². The summed E-state index contributed by atoms with van der Waals surface area (Å²) in [5, 5.41) is 8.96. The molecule has 2 rings (SSSR count). The molecule has 0 spiro atoms. The Labute approximate surface area is 117 Å². The van der Waals surface area contributed by atoms with Gasteiger partial charge in [0.2, 0.25) is 5.91 Å². The van der Waals surface area contributed by atoms with Crippen LogP contribution in [0.5, 0.6) is 0 Å². The molecule has 1 amide bonds. The lowest BCUT2D eigenvalue weighted by molar-refractivity contribution is -0.131. The Morgan fingerprint density at radius 1 is 1.50 bits per heavy atom. The Morgan fingerprint density at radius 3 is 2.80 bits per heavy atom. The summed E-state index contributed by atoms with van der Waals surface area (Å²) in [5.74, 6) is 0.234. The third kappa shape index (κ3) is 3.29. The van der Waals surface area contributed by atoms with E-state index in [1.54, 1.807) is 18.9 Å². The number of hydrogen-bond donors (Lipinski definition) is 1. The maximum absolute atomic E-state index is 12.1. The van der Waals surface area contributed by atoms with Crippen molar-refractivity contribution >= 4 is 11.9 Å². The Morgan fingerprint density at radius 2 is 2.25 bits per heavy atom. The van der Waals surface area contributed by atoms with E-state index in [4.69, 9.17) is 9.52 Å². The van der Waals surface area contributed by atoms with E-state index in [0.717, 1.165) is 12.8 Å². The lowest BCUT2D eigenvalue weighted by Gasteiger charge is -2.17. The van der Waals surface area contributed by atoms with Crippen LogP contribution in [-0.4, -0.2) is 28.9 Å². The van der Waals surface area contributed by atoms with Crippen molar-refractivity contribution in [3.05, 3.63) is 35.3 Å². The molecule has 1 N–H and O–H groups in total. The van der Waals surface area contributed by atoms with E-state index in [2.05, 4.69) is 12.2 Å². The van der Waals surface area contributed by atoms with Gasteiger partial charge in [-0.2, -0.15) is 0 Å². The van der Waals surface area contributed by atoms with E-state index in [0.29, 0.717) is 30.4 Å². The second-order valence-corrected chi connectivity index (χ2v) is 5.21. The highest BCUT2D eigenvalue weighted by atomic mass is 16.4. The molecule has 1 aliphatic carbocycles. The van der Waals surface area contributed by atoms with E-state index >= 15 is 0 Å². The van der Waals surface area contributed by atoms with Crippen molar-refractivity contribution in [3.8, 4) is 0 Å². The highest BCUT2D eigenvalue weighted by molar-refractivity contribution is 5.88. The van der Waals surface area contributed by atoms with Gasteiger partial charge in [0.05, 0.1) is 6.54 Å². The summed E-state index contributed by atoms with van der Waals surface area (Å²) in [4.78, 5) is 24.6.